The van der Waals surface area contributed by atoms with Crippen molar-refractivity contribution >= 4 is 28.7 Å². The molecule has 0 saturated heterocycles. The Kier molecular flexibility index (Phi) is 5.47. The van der Waals surface area contributed by atoms with Crippen LogP contribution in [-0.2, 0) is 6.18 Å². The zero-order chi connectivity index (χ0) is 22.0. The van der Waals surface area contributed by atoms with Crippen LogP contribution in [0.2, 0.25) is 0 Å². The highest BCUT2D eigenvalue weighted by Gasteiger charge is 2.35. The monoisotopic (exact) mass is 446 g/mol. The molecule has 0 radical (unpaired) electrons. The van der Waals surface area contributed by atoms with Gasteiger partial charge in [0.1, 0.15) is 5.82 Å². The molecule has 4 aromatic rings. The van der Waals surface area contributed by atoms with Gasteiger partial charge in [-0.15, -0.1) is 11.3 Å². The fraction of sp³-hybridized carbons (Fsp3) is 0.0476. The Balaban J connectivity index is 1.54. The quantitative estimate of drug-likeness (QED) is 0.356. The standard InChI is InChI=1S/C21H14F4N4OS/c22-13-3-5-14(6-4-13)26-20(30)27-15-7-9-16(10-8-15)29-17(18-2-1-11-31-18)12-19(28-29)21(23,24)25/h1-12H,(H2,26,27,30). The fourth-order valence-electron chi connectivity index (χ4n) is 2.83. The number of urea groups is 1. The van der Waals surface area contributed by atoms with Gasteiger partial charge in [0.15, 0.2) is 5.69 Å². The lowest BCUT2D eigenvalue weighted by Gasteiger charge is -2.10. The highest BCUT2D eigenvalue weighted by atomic mass is 32.1. The second-order valence-electron chi connectivity index (χ2n) is 6.43. The molecule has 31 heavy (non-hydrogen) atoms. The summed E-state index contributed by atoms with van der Waals surface area (Å²) in [6.07, 6.45) is -4.57. The Labute approximate surface area is 178 Å². The summed E-state index contributed by atoms with van der Waals surface area (Å²) < 4.78 is 53.8. The van der Waals surface area contributed by atoms with Crippen LogP contribution in [0.3, 0.4) is 0 Å². The van der Waals surface area contributed by atoms with Gasteiger partial charge in [-0.3, -0.25) is 0 Å². The van der Waals surface area contributed by atoms with E-state index in [0.29, 0.717) is 27.6 Å². The van der Waals surface area contributed by atoms with Crippen LogP contribution in [-0.4, -0.2) is 15.8 Å². The van der Waals surface area contributed by atoms with Crippen molar-refractivity contribution in [2.45, 2.75) is 6.18 Å². The first-order valence-corrected chi connectivity index (χ1v) is 9.83. The molecule has 0 unspecified atom stereocenters. The summed E-state index contributed by atoms with van der Waals surface area (Å²) in [5, 5.41) is 10.7. The van der Waals surface area contributed by atoms with E-state index in [2.05, 4.69) is 15.7 Å². The average Bonchev–Trinajstić information content (AvgIpc) is 3.39. The Morgan fingerprint density at radius 3 is 2.10 bits per heavy atom. The van der Waals surface area contributed by atoms with Gasteiger partial charge in [-0.1, -0.05) is 6.07 Å². The lowest BCUT2D eigenvalue weighted by molar-refractivity contribution is -0.141. The summed E-state index contributed by atoms with van der Waals surface area (Å²) in [6.45, 7) is 0. The molecule has 0 aliphatic heterocycles. The van der Waals surface area contributed by atoms with E-state index in [1.165, 1.54) is 40.3 Å². The minimum atomic E-state index is -4.57. The number of benzene rings is 2. The molecular weight excluding hydrogens is 432 g/mol. The van der Waals surface area contributed by atoms with E-state index >= 15 is 0 Å². The Morgan fingerprint density at radius 2 is 1.55 bits per heavy atom. The fourth-order valence-corrected chi connectivity index (χ4v) is 3.56. The topological polar surface area (TPSA) is 59.0 Å². The number of rotatable bonds is 4. The SMILES string of the molecule is O=C(Nc1ccc(F)cc1)Nc1ccc(-n2nc(C(F)(F)F)cc2-c2cccs2)cc1. The van der Waals surface area contributed by atoms with E-state index in [9.17, 15) is 22.4 Å². The van der Waals surface area contributed by atoms with Crippen molar-refractivity contribution in [3.63, 3.8) is 0 Å². The summed E-state index contributed by atoms with van der Waals surface area (Å²) in [6, 6.07) is 15.4. The predicted octanol–water partition coefficient (Wildman–Crippen LogP) is 6.40. The Morgan fingerprint density at radius 1 is 0.935 bits per heavy atom. The van der Waals surface area contributed by atoms with E-state index in [4.69, 9.17) is 0 Å². The maximum Gasteiger partial charge on any atom is 0.435 e. The number of anilines is 2. The molecule has 0 spiro atoms. The molecule has 0 atom stereocenters. The highest BCUT2D eigenvalue weighted by molar-refractivity contribution is 7.13. The van der Waals surface area contributed by atoms with Gasteiger partial charge >= 0.3 is 12.2 Å². The first kappa shape index (κ1) is 20.6. The van der Waals surface area contributed by atoms with Crippen molar-refractivity contribution in [2.24, 2.45) is 0 Å². The molecule has 2 aromatic carbocycles. The van der Waals surface area contributed by atoms with Gasteiger partial charge in [0.2, 0.25) is 0 Å². The van der Waals surface area contributed by atoms with Crippen LogP contribution in [0.1, 0.15) is 5.69 Å². The van der Waals surface area contributed by atoms with Crippen LogP contribution in [0, 0.1) is 5.82 Å². The van der Waals surface area contributed by atoms with Gasteiger partial charge < -0.3 is 10.6 Å². The Hall–Kier alpha value is -3.66. The van der Waals surface area contributed by atoms with Crippen molar-refractivity contribution in [3.05, 3.63) is 83.6 Å². The second kappa shape index (κ2) is 8.23. The molecule has 2 aromatic heterocycles. The summed E-state index contributed by atoms with van der Waals surface area (Å²) >= 11 is 1.31. The lowest BCUT2D eigenvalue weighted by Crippen LogP contribution is -2.19. The van der Waals surface area contributed by atoms with Crippen LogP contribution >= 0.6 is 11.3 Å². The van der Waals surface area contributed by atoms with Crippen molar-refractivity contribution in [1.82, 2.24) is 9.78 Å². The minimum absolute atomic E-state index is 0.317. The average molecular weight is 446 g/mol. The molecule has 0 saturated carbocycles. The van der Waals surface area contributed by atoms with Gasteiger partial charge in [-0.2, -0.15) is 18.3 Å². The van der Waals surface area contributed by atoms with E-state index in [1.807, 2.05) is 0 Å². The van der Waals surface area contributed by atoms with Crippen LogP contribution in [0.5, 0.6) is 0 Å². The van der Waals surface area contributed by atoms with E-state index in [1.54, 1.807) is 41.8 Å². The molecule has 10 heteroatoms. The number of amides is 2. The number of nitrogens with one attached hydrogen (secondary N) is 2. The zero-order valence-corrected chi connectivity index (χ0v) is 16.5. The number of thiophene rings is 1. The van der Waals surface area contributed by atoms with Crippen molar-refractivity contribution < 1.29 is 22.4 Å². The summed E-state index contributed by atoms with van der Waals surface area (Å²) in [7, 11) is 0. The third kappa shape index (κ3) is 4.75. The highest BCUT2D eigenvalue weighted by Crippen LogP contribution is 2.34. The summed E-state index contributed by atoms with van der Waals surface area (Å²) in [5.41, 5.74) is 0.564. The molecule has 0 bridgehead atoms. The maximum absolute atomic E-state index is 13.2. The number of hydrogen-bond donors (Lipinski definition) is 2. The van der Waals surface area contributed by atoms with E-state index in [0.717, 1.165) is 6.07 Å². The normalized spacial score (nSPS) is 11.4. The van der Waals surface area contributed by atoms with Gasteiger partial charge in [-0.05, 0) is 66.0 Å². The smallest absolute Gasteiger partial charge is 0.308 e. The van der Waals surface area contributed by atoms with Crippen LogP contribution in [0.4, 0.5) is 33.7 Å². The van der Waals surface area contributed by atoms with Crippen molar-refractivity contribution in [2.75, 3.05) is 10.6 Å². The molecule has 0 aliphatic carbocycles. The molecule has 158 valence electrons. The molecule has 5 nitrogen and oxygen atoms in total. The third-order valence-corrected chi connectivity index (χ3v) is 5.14. The van der Waals surface area contributed by atoms with Crippen LogP contribution in [0.25, 0.3) is 16.3 Å². The van der Waals surface area contributed by atoms with Gasteiger partial charge in [0.05, 0.1) is 16.3 Å². The molecule has 0 aliphatic rings. The number of carbonyl (C=O) groups is 1. The van der Waals surface area contributed by atoms with E-state index < -0.39 is 23.7 Å². The first-order chi connectivity index (χ1) is 14.8. The van der Waals surface area contributed by atoms with Crippen molar-refractivity contribution in [1.29, 1.82) is 0 Å². The number of hydrogen-bond acceptors (Lipinski definition) is 3. The number of alkyl halides is 3. The third-order valence-electron chi connectivity index (χ3n) is 4.25. The largest absolute Gasteiger partial charge is 0.435 e. The number of nitrogens with zero attached hydrogens (tertiary/aromatic N) is 2. The number of aromatic nitrogens is 2. The summed E-state index contributed by atoms with van der Waals surface area (Å²) in [4.78, 5) is 12.7. The number of halogens is 4. The molecule has 4 rings (SSSR count). The van der Waals surface area contributed by atoms with Gasteiger partial charge in [-0.25, -0.2) is 13.9 Å². The number of carbonyl (C=O) groups excluding carboxylic acids is 1. The molecule has 2 N–H and O–H groups in total. The van der Waals surface area contributed by atoms with Crippen LogP contribution in [0.15, 0.2) is 72.1 Å². The second-order valence-corrected chi connectivity index (χ2v) is 7.38. The maximum atomic E-state index is 13.2. The molecular formula is C21H14F4N4OS. The van der Waals surface area contributed by atoms with Gasteiger partial charge in [0, 0.05) is 11.4 Å². The van der Waals surface area contributed by atoms with Gasteiger partial charge in [0.25, 0.3) is 0 Å². The lowest BCUT2D eigenvalue weighted by atomic mass is 10.2. The molecule has 0 fully saturated rings. The molecule has 2 amide bonds. The van der Waals surface area contributed by atoms with E-state index in [-0.39, 0.29) is 0 Å². The minimum Gasteiger partial charge on any atom is -0.308 e. The summed E-state index contributed by atoms with van der Waals surface area (Å²) in [5.74, 6) is -0.421. The molecule has 2 heterocycles. The predicted molar refractivity (Wildman–Crippen MR) is 111 cm³/mol. The van der Waals surface area contributed by atoms with Crippen LogP contribution < -0.4 is 10.6 Å². The van der Waals surface area contributed by atoms with Crippen molar-refractivity contribution in [3.8, 4) is 16.3 Å². The zero-order valence-electron chi connectivity index (χ0n) is 15.7. The Bertz CT molecular complexity index is 1180. The first-order valence-electron chi connectivity index (χ1n) is 8.95.